The molecule has 19 heavy (non-hydrogen) atoms. The third-order valence-electron chi connectivity index (χ3n) is 2.33. The zero-order chi connectivity index (χ0) is 13.8. The number of halogens is 2. The minimum Gasteiger partial charge on any atom is -0.488 e. The molecular weight excluding hydrogens is 317 g/mol. The Hall–Kier alpha value is -1.95. The number of aromatic nitrogens is 1. The summed E-state index contributed by atoms with van der Waals surface area (Å²) in [6.07, 6.45) is 3.21. The fourth-order valence-corrected chi connectivity index (χ4v) is 1.90. The average molecular weight is 326 g/mol. The van der Waals surface area contributed by atoms with E-state index < -0.39 is 11.8 Å². The van der Waals surface area contributed by atoms with E-state index >= 15 is 0 Å². The van der Waals surface area contributed by atoms with Crippen LogP contribution in [0.3, 0.4) is 0 Å². The van der Waals surface area contributed by atoms with Crippen LogP contribution in [-0.2, 0) is 6.61 Å². The fraction of sp³-hybridized carbons (Fsp3) is 0.0769. The van der Waals surface area contributed by atoms with E-state index in [2.05, 4.69) is 20.9 Å². The first-order valence-corrected chi connectivity index (χ1v) is 6.10. The quantitative estimate of drug-likeness (QED) is 0.937. The van der Waals surface area contributed by atoms with Crippen LogP contribution in [0.25, 0.3) is 0 Å². The van der Waals surface area contributed by atoms with Gasteiger partial charge in [-0.05, 0) is 34.1 Å². The second-order valence-corrected chi connectivity index (χ2v) is 4.66. The van der Waals surface area contributed by atoms with Crippen LogP contribution in [0.15, 0.2) is 41.1 Å². The van der Waals surface area contributed by atoms with Gasteiger partial charge in [0.25, 0.3) is 0 Å². The van der Waals surface area contributed by atoms with Gasteiger partial charge >= 0.3 is 5.97 Å². The zero-order valence-electron chi connectivity index (χ0n) is 9.64. The molecule has 0 fully saturated rings. The summed E-state index contributed by atoms with van der Waals surface area (Å²) < 4.78 is 19.2. The molecule has 2 rings (SSSR count). The van der Waals surface area contributed by atoms with E-state index in [0.717, 1.165) is 22.2 Å². The van der Waals surface area contributed by atoms with Gasteiger partial charge in [-0.15, -0.1) is 0 Å². The van der Waals surface area contributed by atoms with Crippen molar-refractivity contribution in [1.29, 1.82) is 0 Å². The molecule has 0 unspecified atom stereocenters. The number of carboxylic acid groups (broad SMARTS) is 1. The molecule has 0 aliphatic heterocycles. The summed E-state index contributed by atoms with van der Waals surface area (Å²) in [6.45, 7) is 0.107. The predicted octanol–water partition coefficient (Wildman–Crippen LogP) is 3.26. The maximum absolute atomic E-state index is 13.1. The molecule has 1 aromatic heterocycles. The number of ether oxygens (including phenoxy) is 1. The molecule has 0 spiro atoms. The summed E-state index contributed by atoms with van der Waals surface area (Å²) in [5, 5.41) is 8.98. The Morgan fingerprint density at radius 1 is 1.37 bits per heavy atom. The highest BCUT2D eigenvalue weighted by Gasteiger charge is 2.12. The number of carbonyl (C=O) groups is 1. The lowest BCUT2D eigenvalue weighted by molar-refractivity contribution is 0.0691. The van der Waals surface area contributed by atoms with E-state index in [1.54, 1.807) is 18.5 Å². The number of carboxylic acids is 1. The lowest BCUT2D eigenvalue weighted by Crippen LogP contribution is -2.04. The SMILES string of the molecule is O=C(O)c1ccc(F)cc1OCc1cncc(Br)c1. The van der Waals surface area contributed by atoms with E-state index in [9.17, 15) is 9.18 Å². The van der Waals surface area contributed by atoms with Gasteiger partial charge in [0, 0.05) is 28.5 Å². The van der Waals surface area contributed by atoms with Crippen LogP contribution in [-0.4, -0.2) is 16.1 Å². The molecule has 6 heteroatoms. The number of benzene rings is 1. The number of hydrogen-bond acceptors (Lipinski definition) is 3. The van der Waals surface area contributed by atoms with Crippen molar-refractivity contribution in [2.45, 2.75) is 6.61 Å². The summed E-state index contributed by atoms with van der Waals surface area (Å²) in [5.74, 6) is -1.72. The van der Waals surface area contributed by atoms with Crippen LogP contribution in [0.1, 0.15) is 15.9 Å². The number of rotatable bonds is 4. The topological polar surface area (TPSA) is 59.4 Å². The van der Waals surface area contributed by atoms with Crippen LogP contribution in [0.2, 0.25) is 0 Å². The molecule has 0 saturated heterocycles. The molecule has 0 aliphatic carbocycles. The molecule has 1 N–H and O–H groups in total. The van der Waals surface area contributed by atoms with Gasteiger partial charge in [-0.1, -0.05) is 0 Å². The van der Waals surface area contributed by atoms with E-state index in [1.807, 2.05) is 0 Å². The molecule has 0 atom stereocenters. The minimum absolute atomic E-state index is 0.00697. The fourth-order valence-electron chi connectivity index (χ4n) is 1.49. The Morgan fingerprint density at radius 3 is 2.84 bits per heavy atom. The Labute approximate surface area is 117 Å². The van der Waals surface area contributed by atoms with E-state index in [-0.39, 0.29) is 17.9 Å². The van der Waals surface area contributed by atoms with Crippen molar-refractivity contribution in [3.8, 4) is 5.75 Å². The smallest absolute Gasteiger partial charge is 0.339 e. The Balaban J connectivity index is 2.19. The maximum atomic E-state index is 13.1. The van der Waals surface area contributed by atoms with Crippen LogP contribution < -0.4 is 4.74 Å². The average Bonchev–Trinajstić information content (AvgIpc) is 2.36. The van der Waals surface area contributed by atoms with Crippen molar-refractivity contribution >= 4 is 21.9 Å². The third-order valence-corrected chi connectivity index (χ3v) is 2.76. The molecule has 0 bridgehead atoms. The van der Waals surface area contributed by atoms with Crippen molar-refractivity contribution in [3.05, 3.63) is 58.1 Å². The first-order valence-electron chi connectivity index (χ1n) is 5.31. The standard InChI is InChI=1S/C13H9BrFNO3/c14-9-3-8(5-16-6-9)7-19-12-4-10(15)1-2-11(12)13(17)18/h1-6H,7H2,(H,17,18). The highest BCUT2D eigenvalue weighted by Crippen LogP contribution is 2.21. The zero-order valence-corrected chi connectivity index (χ0v) is 11.2. The molecule has 0 amide bonds. The Morgan fingerprint density at radius 2 is 2.16 bits per heavy atom. The Kier molecular flexibility index (Phi) is 4.11. The minimum atomic E-state index is -1.16. The van der Waals surface area contributed by atoms with Crippen LogP contribution >= 0.6 is 15.9 Å². The summed E-state index contributed by atoms with van der Waals surface area (Å²) >= 11 is 3.27. The normalized spacial score (nSPS) is 10.2. The first kappa shape index (κ1) is 13.5. The monoisotopic (exact) mass is 325 g/mol. The summed E-state index contributed by atoms with van der Waals surface area (Å²) in [6, 6.07) is 5.09. The van der Waals surface area contributed by atoms with Gasteiger partial charge in [0.1, 0.15) is 23.7 Å². The summed E-state index contributed by atoms with van der Waals surface area (Å²) in [5.41, 5.74) is 0.666. The van der Waals surface area contributed by atoms with Crippen LogP contribution in [0.5, 0.6) is 5.75 Å². The van der Waals surface area contributed by atoms with Gasteiger partial charge in [-0.2, -0.15) is 0 Å². The highest BCUT2D eigenvalue weighted by atomic mass is 79.9. The van der Waals surface area contributed by atoms with Crippen molar-refractivity contribution in [3.63, 3.8) is 0 Å². The molecule has 0 saturated carbocycles. The molecule has 0 aliphatic rings. The first-order chi connectivity index (χ1) is 9.06. The Bertz CT molecular complexity index is 619. The number of nitrogens with zero attached hydrogens (tertiary/aromatic N) is 1. The van der Waals surface area contributed by atoms with Crippen molar-refractivity contribution in [1.82, 2.24) is 4.98 Å². The van der Waals surface area contributed by atoms with Crippen LogP contribution in [0, 0.1) is 5.82 Å². The third kappa shape index (κ3) is 3.51. The number of aromatic carboxylic acids is 1. The summed E-state index contributed by atoms with van der Waals surface area (Å²) in [4.78, 5) is 14.9. The maximum Gasteiger partial charge on any atom is 0.339 e. The lowest BCUT2D eigenvalue weighted by atomic mass is 10.2. The van der Waals surface area contributed by atoms with Gasteiger partial charge in [0.15, 0.2) is 0 Å². The molecule has 1 heterocycles. The van der Waals surface area contributed by atoms with Crippen LogP contribution in [0.4, 0.5) is 4.39 Å². The lowest BCUT2D eigenvalue weighted by Gasteiger charge is -2.09. The molecule has 4 nitrogen and oxygen atoms in total. The number of pyridine rings is 1. The predicted molar refractivity (Wildman–Crippen MR) is 69.6 cm³/mol. The molecule has 98 valence electrons. The van der Waals surface area contributed by atoms with Gasteiger partial charge < -0.3 is 9.84 Å². The van der Waals surface area contributed by atoms with Crippen molar-refractivity contribution in [2.24, 2.45) is 0 Å². The van der Waals surface area contributed by atoms with Gasteiger partial charge in [0.05, 0.1) is 0 Å². The number of hydrogen-bond donors (Lipinski definition) is 1. The second kappa shape index (κ2) is 5.79. The van der Waals surface area contributed by atoms with Gasteiger partial charge in [0.2, 0.25) is 0 Å². The molecule has 0 radical (unpaired) electrons. The van der Waals surface area contributed by atoms with Crippen molar-refractivity contribution in [2.75, 3.05) is 0 Å². The molecular formula is C13H9BrFNO3. The van der Waals surface area contributed by atoms with Gasteiger partial charge in [-0.25, -0.2) is 9.18 Å². The largest absolute Gasteiger partial charge is 0.488 e. The van der Waals surface area contributed by atoms with Gasteiger partial charge in [-0.3, -0.25) is 4.98 Å². The second-order valence-electron chi connectivity index (χ2n) is 3.75. The summed E-state index contributed by atoms with van der Waals surface area (Å²) in [7, 11) is 0. The van der Waals surface area contributed by atoms with E-state index in [1.165, 1.54) is 6.07 Å². The molecule has 1 aromatic carbocycles. The van der Waals surface area contributed by atoms with Crippen molar-refractivity contribution < 1.29 is 19.0 Å². The molecule has 2 aromatic rings. The van der Waals surface area contributed by atoms with E-state index in [0.29, 0.717) is 0 Å². The highest BCUT2D eigenvalue weighted by molar-refractivity contribution is 9.10. The van der Waals surface area contributed by atoms with E-state index in [4.69, 9.17) is 9.84 Å².